The van der Waals surface area contributed by atoms with Crippen molar-refractivity contribution in [1.29, 1.82) is 0 Å². The summed E-state index contributed by atoms with van der Waals surface area (Å²) in [6.07, 6.45) is -2.03. The number of aryl methyl sites for hydroxylation is 2. The van der Waals surface area contributed by atoms with E-state index in [0.717, 1.165) is 0 Å². The highest BCUT2D eigenvalue weighted by Crippen LogP contribution is 2.24. The van der Waals surface area contributed by atoms with Crippen LogP contribution in [0.1, 0.15) is 38.3 Å². The van der Waals surface area contributed by atoms with Crippen LogP contribution in [-0.4, -0.2) is 46.6 Å². The lowest BCUT2D eigenvalue weighted by Gasteiger charge is -2.30. The van der Waals surface area contributed by atoms with Crippen molar-refractivity contribution in [2.75, 3.05) is 6.61 Å². The van der Waals surface area contributed by atoms with Gasteiger partial charge >= 0.3 is 5.97 Å². The maximum atomic E-state index is 12.8. The van der Waals surface area contributed by atoms with Crippen LogP contribution in [0.3, 0.4) is 0 Å². The summed E-state index contributed by atoms with van der Waals surface area (Å²) < 4.78 is 5.06. The summed E-state index contributed by atoms with van der Waals surface area (Å²) >= 11 is 0. The van der Waals surface area contributed by atoms with Crippen LogP contribution < -0.4 is 0 Å². The molecule has 6 nitrogen and oxygen atoms in total. The number of carbonyl (C=O) groups is 3. The molecule has 0 saturated heterocycles. The molecule has 2 atom stereocenters. The van der Waals surface area contributed by atoms with Crippen LogP contribution in [0.25, 0.3) is 0 Å². The van der Waals surface area contributed by atoms with Gasteiger partial charge in [0.2, 0.25) is 0 Å². The van der Waals surface area contributed by atoms with E-state index in [1.807, 2.05) is 0 Å². The van der Waals surface area contributed by atoms with Gasteiger partial charge in [0.25, 0.3) is 0 Å². The van der Waals surface area contributed by atoms with Crippen molar-refractivity contribution in [2.24, 2.45) is 0 Å². The van der Waals surface area contributed by atoms with Crippen LogP contribution in [0.5, 0.6) is 0 Å². The summed E-state index contributed by atoms with van der Waals surface area (Å²) in [5.74, 6) is -1.49. The second-order valence-electron chi connectivity index (χ2n) is 6.37. The molecule has 0 spiro atoms. The quantitative estimate of drug-likeness (QED) is 0.419. The smallest absolute Gasteiger partial charge is 0.338 e. The largest absolute Gasteiger partial charge is 0.459 e. The average Bonchev–Trinajstić information content (AvgIpc) is 2.66. The van der Waals surface area contributed by atoms with E-state index in [9.17, 15) is 24.6 Å². The number of ether oxygens (including phenoxy) is 1. The van der Waals surface area contributed by atoms with Crippen molar-refractivity contribution >= 4 is 18.0 Å². The Bertz CT molecular complexity index is 844. The number of aliphatic hydroxyl groups excluding tert-OH is 1. The Morgan fingerprint density at radius 3 is 2.07 bits per heavy atom. The molecule has 0 bridgehead atoms. The second-order valence-corrected chi connectivity index (χ2v) is 6.37. The van der Waals surface area contributed by atoms with Crippen molar-refractivity contribution in [3.05, 3.63) is 70.8 Å². The molecule has 0 aliphatic rings. The lowest BCUT2D eigenvalue weighted by atomic mass is 9.84. The number of ketones is 1. The van der Waals surface area contributed by atoms with Gasteiger partial charge in [0.1, 0.15) is 19.0 Å². The molecule has 0 aliphatic carbocycles. The van der Waals surface area contributed by atoms with E-state index in [-0.39, 0.29) is 5.56 Å². The zero-order chi connectivity index (χ0) is 20.0. The highest BCUT2D eigenvalue weighted by molar-refractivity contribution is 6.05. The molecular formula is C21H22O6. The van der Waals surface area contributed by atoms with Crippen molar-refractivity contribution in [1.82, 2.24) is 0 Å². The lowest BCUT2D eigenvalue weighted by Crippen LogP contribution is -2.52. The first-order valence-electron chi connectivity index (χ1n) is 8.48. The minimum atomic E-state index is -2.39. The molecule has 142 valence electrons. The third-order valence-corrected chi connectivity index (χ3v) is 4.47. The lowest BCUT2D eigenvalue weighted by molar-refractivity contribution is -0.118. The Morgan fingerprint density at radius 1 is 1.04 bits per heavy atom. The zero-order valence-electron chi connectivity index (χ0n) is 15.2. The third-order valence-electron chi connectivity index (χ3n) is 4.47. The number of carbonyl (C=O) groups excluding carboxylic acids is 3. The van der Waals surface area contributed by atoms with E-state index < -0.39 is 36.5 Å². The van der Waals surface area contributed by atoms with Gasteiger partial charge in [-0.25, -0.2) is 4.79 Å². The third kappa shape index (κ3) is 4.48. The Balaban J connectivity index is 2.19. The van der Waals surface area contributed by atoms with E-state index in [1.54, 1.807) is 56.3 Å². The number of benzene rings is 2. The van der Waals surface area contributed by atoms with Crippen molar-refractivity contribution in [3.8, 4) is 0 Å². The molecule has 0 fully saturated rings. The molecule has 2 aromatic carbocycles. The molecule has 27 heavy (non-hydrogen) atoms. The number of esters is 1. The fraction of sp³-hybridized carbons (Fsp3) is 0.286. The highest BCUT2D eigenvalue weighted by Gasteiger charge is 2.44. The predicted octanol–water partition coefficient (Wildman–Crippen LogP) is 2.02. The molecular weight excluding hydrogens is 348 g/mol. The molecule has 0 unspecified atom stereocenters. The molecule has 2 N–H and O–H groups in total. The van der Waals surface area contributed by atoms with Crippen LogP contribution >= 0.6 is 0 Å². The normalized spacial score (nSPS) is 14.1. The maximum Gasteiger partial charge on any atom is 0.338 e. The minimum Gasteiger partial charge on any atom is -0.459 e. The van der Waals surface area contributed by atoms with E-state index in [0.29, 0.717) is 23.0 Å². The van der Waals surface area contributed by atoms with Gasteiger partial charge in [-0.2, -0.15) is 0 Å². The summed E-state index contributed by atoms with van der Waals surface area (Å²) in [4.78, 5) is 36.0. The Labute approximate surface area is 157 Å². The molecule has 0 amide bonds. The molecule has 2 rings (SSSR count). The molecule has 2 aromatic rings. The first-order valence-corrected chi connectivity index (χ1v) is 8.48. The fourth-order valence-electron chi connectivity index (χ4n) is 2.74. The maximum absolute atomic E-state index is 12.8. The van der Waals surface area contributed by atoms with Gasteiger partial charge < -0.3 is 19.7 Å². The van der Waals surface area contributed by atoms with Crippen molar-refractivity contribution < 1.29 is 29.3 Å². The van der Waals surface area contributed by atoms with Gasteiger partial charge in [-0.05, 0) is 31.0 Å². The summed E-state index contributed by atoms with van der Waals surface area (Å²) in [5, 5.41) is 21.1. The SMILES string of the molecule is Cc1ccccc1C(=O)OC[C@@H](O)[C@@](O)(CC=O)C(=O)c1ccccc1C. The topological polar surface area (TPSA) is 101 Å². The average molecular weight is 370 g/mol. The highest BCUT2D eigenvalue weighted by atomic mass is 16.5. The number of aliphatic hydroxyl groups is 2. The number of hydrogen-bond acceptors (Lipinski definition) is 6. The molecule has 0 heterocycles. The Kier molecular flexibility index (Phi) is 6.60. The van der Waals surface area contributed by atoms with Gasteiger partial charge in [-0.1, -0.05) is 42.5 Å². The summed E-state index contributed by atoms with van der Waals surface area (Å²) in [6.45, 7) is 2.78. The van der Waals surface area contributed by atoms with E-state index in [4.69, 9.17) is 4.74 Å². The van der Waals surface area contributed by atoms with Gasteiger partial charge in [-0.3, -0.25) is 4.79 Å². The van der Waals surface area contributed by atoms with Crippen LogP contribution in [-0.2, 0) is 9.53 Å². The summed E-state index contributed by atoms with van der Waals surface area (Å²) in [7, 11) is 0. The van der Waals surface area contributed by atoms with Gasteiger partial charge in [0, 0.05) is 12.0 Å². The molecule has 0 radical (unpaired) electrons. The van der Waals surface area contributed by atoms with Gasteiger partial charge in [-0.15, -0.1) is 0 Å². The fourth-order valence-corrected chi connectivity index (χ4v) is 2.74. The Hall–Kier alpha value is -2.83. The molecule has 0 saturated carbocycles. The second kappa shape index (κ2) is 8.70. The number of hydrogen-bond donors (Lipinski definition) is 2. The standard InChI is InChI=1S/C21H22O6/c1-14-7-3-5-9-16(14)19(24)21(26,11-12-22)18(23)13-27-20(25)17-10-6-4-8-15(17)2/h3-10,12,18,23,26H,11,13H2,1-2H3/t18-,21+/m1/s1. The van der Waals surface area contributed by atoms with Crippen molar-refractivity contribution in [2.45, 2.75) is 32.0 Å². The summed E-state index contributed by atoms with van der Waals surface area (Å²) in [5.41, 5.74) is -0.605. The molecule has 0 aliphatic heterocycles. The first-order chi connectivity index (χ1) is 12.8. The van der Waals surface area contributed by atoms with Crippen LogP contribution in [0, 0.1) is 13.8 Å². The first kappa shape index (κ1) is 20.5. The van der Waals surface area contributed by atoms with E-state index in [2.05, 4.69) is 0 Å². The minimum absolute atomic E-state index is 0.186. The monoisotopic (exact) mass is 370 g/mol. The van der Waals surface area contributed by atoms with E-state index in [1.165, 1.54) is 6.07 Å². The van der Waals surface area contributed by atoms with Gasteiger partial charge in [0.05, 0.1) is 5.56 Å². The van der Waals surface area contributed by atoms with Gasteiger partial charge in [0.15, 0.2) is 11.4 Å². The van der Waals surface area contributed by atoms with Crippen LogP contribution in [0.15, 0.2) is 48.5 Å². The predicted molar refractivity (Wildman–Crippen MR) is 98.6 cm³/mol. The number of Topliss-reactive ketones (excluding diaryl/α,β-unsaturated/α-hetero) is 1. The molecule has 0 aromatic heterocycles. The van der Waals surface area contributed by atoms with Crippen LogP contribution in [0.4, 0.5) is 0 Å². The Morgan fingerprint density at radius 2 is 1.56 bits per heavy atom. The number of aldehydes is 1. The van der Waals surface area contributed by atoms with E-state index >= 15 is 0 Å². The zero-order valence-corrected chi connectivity index (χ0v) is 15.2. The molecule has 6 heteroatoms. The summed E-state index contributed by atoms with van der Waals surface area (Å²) in [6, 6.07) is 13.3. The van der Waals surface area contributed by atoms with Crippen LogP contribution in [0.2, 0.25) is 0 Å². The van der Waals surface area contributed by atoms with Crippen molar-refractivity contribution in [3.63, 3.8) is 0 Å². The number of rotatable bonds is 8.